The summed E-state index contributed by atoms with van der Waals surface area (Å²) in [5.74, 6) is -0.685. The molecule has 0 bridgehead atoms. The van der Waals surface area contributed by atoms with E-state index in [1.54, 1.807) is 0 Å². The summed E-state index contributed by atoms with van der Waals surface area (Å²) >= 11 is 0. The summed E-state index contributed by atoms with van der Waals surface area (Å²) in [5.41, 5.74) is -0.534. The zero-order valence-electron chi connectivity index (χ0n) is 8.21. The number of rotatable bonds is 6. The third kappa shape index (κ3) is 2.44. The molecule has 0 atom stereocenters. The van der Waals surface area contributed by atoms with Crippen LogP contribution in [0.3, 0.4) is 0 Å². The van der Waals surface area contributed by atoms with Crippen LogP contribution in [0.25, 0.3) is 0 Å². The number of carboxylic acids is 1. The van der Waals surface area contributed by atoms with Gasteiger partial charge in [-0.05, 0) is 19.3 Å². The largest absolute Gasteiger partial charge is 0.481 e. The molecule has 0 unspecified atom stereocenters. The summed E-state index contributed by atoms with van der Waals surface area (Å²) in [7, 11) is 0. The molecule has 3 nitrogen and oxygen atoms in total. The fraction of sp³-hybridized carbons (Fsp3) is 0.900. The van der Waals surface area contributed by atoms with Gasteiger partial charge in [-0.3, -0.25) is 4.79 Å². The van der Waals surface area contributed by atoms with Gasteiger partial charge in [0.2, 0.25) is 0 Å². The third-order valence-corrected chi connectivity index (χ3v) is 2.78. The van der Waals surface area contributed by atoms with Gasteiger partial charge in [-0.2, -0.15) is 0 Å². The first-order valence-corrected chi connectivity index (χ1v) is 5.02. The van der Waals surface area contributed by atoms with Crippen molar-refractivity contribution in [3.05, 3.63) is 0 Å². The van der Waals surface area contributed by atoms with Gasteiger partial charge in [-0.15, -0.1) is 0 Å². The number of carbonyl (C=O) groups is 1. The van der Waals surface area contributed by atoms with Crippen LogP contribution in [0, 0.1) is 5.41 Å². The Morgan fingerprint density at radius 2 is 2.23 bits per heavy atom. The van der Waals surface area contributed by atoms with Gasteiger partial charge in [0.15, 0.2) is 0 Å². The maximum atomic E-state index is 10.9. The Hall–Kier alpha value is -0.570. The molecule has 0 aliphatic heterocycles. The molecule has 13 heavy (non-hydrogen) atoms. The Kier molecular flexibility index (Phi) is 3.72. The van der Waals surface area contributed by atoms with Crippen LogP contribution in [-0.2, 0) is 9.53 Å². The van der Waals surface area contributed by atoms with Crippen LogP contribution in [0.4, 0.5) is 0 Å². The van der Waals surface area contributed by atoms with E-state index in [1.165, 1.54) is 0 Å². The van der Waals surface area contributed by atoms with Crippen molar-refractivity contribution < 1.29 is 14.6 Å². The molecular weight excluding hydrogens is 168 g/mol. The summed E-state index contributed by atoms with van der Waals surface area (Å²) in [5, 5.41) is 8.96. The zero-order chi connectivity index (χ0) is 9.73. The number of hydrogen-bond donors (Lipinski definition) is 1. The van der Waals surface area contributed by atoms with Crippen LogP contribution in [-0.4, -0.2) is 24.3 Å². The minimum atomic E-state index is -0.685. The van der Waals surface area contributed by atoms with Crippen LogP contribution in [0.2, 0.25) is 0 Å². The van der Waals surface area contributed by atoms with Gasteiger partial charge in [-0.25, -0.2) is 0 Å². The number of aliphatic carboxylic acids is 1. The van der Waals surface area contributed by atoms with Gasteiger partial charge in [0.05, 0.1) is 12.0 Å². The lowest BCUT2D eigenvalue weighted by atomic mass is 9.69. The van der Waals surface area contributed by atoms with Gasteiger partial charge in [0.1, 0.15) is 0 Å². The monoisotopic (exact) mass is 186 g/mol. The lowest BCUT2D eigenvalue weighted by Crippen LogP contribution is -2.42. The predicted molar refractivity (Wildman–Crippen MR) is 49.6 cm³/mol. The summed E-state index contributed by atoms with van der Waals surface area (Å²) in [6.45, 7) is 3.20. The average Bonchev–Trinajstić information content (AvgIpc) is 2.01. The minimum absolute atomic E-state index is 0.405. The average molecular weight is 186 g/mol. The third-order valence-electron chi connectivity index (χ3n) is 2.78. The van der Waals surface area contributed by atoms with E-state index in [0.29, 0.717) is 13.2 Å². The first kappa shape index (κ1) is 10.5. The van der Waals surface area contributed by atoms with E-state index in [0.717, 1.165) is 32.1 Å². The Balaban J connectivity index is 2.21. The SMILES string of the molecule is CCCCOCC1(C(=O)O)CCC1. The van der Waals surface area contributed by atoms with Gasteiger partial charge in [0.25, 0.3) is 0 Å². The molecule has 1 N–H and O–H groups in total. The molecule has 0 aromatic rings. The van der Waals surface area contributed by atoms with Crippen LogP contribution < -0.4 is 0 Å². The fourth-order valence-corrected chi connectivity index (χ4v) is 1.54. The van der Waals surface area contributed by atoms with Crippen molar-refractivity contribution in [2.24, 2.45) is 5.41 Å². The Bertz CT molecular complexity index is 173. The highest BCUT2D eigenvalue weighted by Gasteiger charge is 2.44. The molecule has 3 heteroatoms. The first-order chi connectivity index (χ1) is 6.21. The highest BCUT2D eigenvalue weighted by Crippen LogP contribution is 2.41. The zero-order valence-corrected chi connectivity index (χ0v) is 8.21. The van der Waals surface area contributed by atoms with Crippen molar-refractivity contribution in [3.8, 4) is 0 Å². The number of hydrogen-bond acceptors (Lipinski definition) is 2. The van der Waals surface area contributed by atoms with E-state index >= 15 is 0 Å². The van der Waals surface area contributed by atoms with Gasteiger partial charge in [0, 0.05) is 6.61 Å². The Labute approximate surface area is 79.1 Å². The second kappa shape index (κ2) is 4.61. The molecule has 1 aliphatic carbocycles. The van der Waals surface area contributed by atoms with E-state index in [4.69, 9.17) is 9.84 Å². The van der Waals surface area contributed by atoms with Crippen molar-refractivity contribution in [1.29, 1.82) is 0 Å². The van der Waals surface area contributed by atoms with Crippen LogP contribution >= 0.6 is 0 Å². The summed E-state index contributed by atoms with van der Waals surface area (Å²) in [6.07, 6.45) is 4.72. The van der Waals surface area contributed by atoms with Crippen molar-refractivity contribution >= 4 is 5.97 Å². The maximum Gasteiger partial charge on any atom is 0.311 e. The summed E-state index contributed by atoms with van der Waals surface area (Å²) in [4.78, 5) is 10.9. The molecule has 1 rings (SSSR count). The van der Waals surface area contributed by atoms with E-state index in [9.17, 15) is 4.79 Å². The lowest BCUT2D eigenvalue weighted by Gasteiger charge is -2.37. The molecule has 0 amide bonds. The maximum absolute atomic E-state index is 10.9. The molecule has 0 spiro atoms. The van der Waals surface area contributed by atoms with Crippen molar-refractivity contribution in [2.75, 3.05) is 13.2 Å². The molecular formula is C10H18O3. The van der Waals surface area contributed by atoms with Crippen LogP contribution in [0.15, 0.2) is 0 Å². The Morgan fingerprint density at radius 3 is 2.62 bits per heavy atom. The number of ether oxygens (including phenoxy) is 1. The highest BCUT2D eigenvalue weighted by molar-refractivity contribution is 5.75. The summed E-state index contributed by atoms with van der Waals surface area (Å²) in [6, 6.07) is 0. The fourth-order valence-electron chi connectivity index (χ4n) is 1.54. The quantitative estimate of drug-likeness (QED) is 0.646. The van der Waals surface area contributed by atoms with E-state index in [2.05, 4.69) is 6.92 Å². The molecule has 0 heterocycles. The molecule has 0 aromatic carbocycles. The standard InChI is InChI=1S/C10H18O3/c1-2-3-7-13-8-10(9(11)12)5-4-6-10/h2-8H2,1H3,(H,11,12). The van der Waals surface area contributed by atoms with Crippen molar-refractivity contribution in [2.45, 2.75) is 39.0 Å². The first-order valence-electron chi connectivity index (χ1n) is 5.02. The van der Waals surface area contributed by atoms with Crippen molar-refractivity contribution in [3.63, 3.8) is 0 Å². The van der Waals surface area contributed by atoms with E-state index < -0.39 is 11.4 Å². The molecule has 0 saturated heterocycles. The highest BCUT2D eigenvalue weighted by atomic mass is 16.5. The van der Waals surface area contributed by atoms with Gasteiger partial charge >= 0.3 is 5.97 Å². The number of carboxylic acid groups (broad SMARTS) is 1. The van der Waals surface area contributed by atoms with Gasteiger partial charge in [-0.1, -0.05) is 19.8 Å². The number of unbranched alkanes of at least 4 members (excludes halogenated alkanes) is 1. The van der Waals surface area contributed by atoms with E-state index in [1.807, 2.05) is 0 Å². The smallest absolute Gasteiger partial charge is 0.311 e. The van der Waals surface area contributed by atoms with Crippen LogP contribution in [0.5, 0.6) is 0 Å². The normalized spacial score (nSPS) is 19.5. The molecule has 0 radical (unpaired) electrons. The topological polar surface area (TPSA) is 46.5 Å². The minimum Gasteiger partial charge on any atom is -0.481 e. The van der Waals surface area contributed by atoms with Gasteiger partial charge < -0.3 is 9.84 Å². The molecule has 1 fully saturated rings. The predicted octanol–water partition coefficient (Wildman–Crippen LogP) is 2.06. The molecule has 1 saturated carbocycles. The molecule has 76 valence electrons. The molecule has 0 aromatic heterocycles. The van der Waals surface area contributed by atoms with E-state index in [-0.39, 0.29) is 0 Å². The summed E-state index contributed by atoms with van der Waals surface area (Å²) < 4.78 is 5.36. The Morgan fingerprint density at radius 1 is 1.54 bits per heavy atom. The lowest BCUT2D eigenvalue weighted by molar-refractivity contribution is -0.160. The second-order valence-corrected chi connectivity index (χ2v) is 3.85. The van der Waals surface area contributed by atoms with Crippen molar-refractivity contribution in [1.82, 2.24) is 0 Å². The second-order valence-electron chi connectivity index (χ2n) is 3.85. The molecule has 1 aliphatic rings. The van der Waals surface area contributed by atoms with Crippen LogP contribution in [0.1, 0.15) is 39.0 Å².